The summed E-state index contributed by atoms with van der Waals surface area (Å²) in [5.41, 5.74) is 8.81. The largest absolute Gasteiger partial charge is 0.397 e. The van der Waals surface area contributed by atoms with Crippen molar-refractivity contribution in [2.24, 2.45) is 0 Å². The Balaban J connectivity index is 2.59. The molecule has 1 aromatic carbocycles. The molecule has 2 unspecified atom stereocenters. The van der Waals surface area contributed by atoms with Gasteiger partial charge in [-0.15, -0.1) is 0 Å². The first-order valence-corrected chi connectivity index (χ1v) is 7.15. The van der Waals surface area contributed by atoms with Crippen LogP contribution in [-0.4, -0.2) is 22.3 Å². The molecule has 4 heteroatoms. The highest BCUT2D eigenvalue weighted by Crippen LogP contribution is 2.22. The molecule has 0 bridgehead atoms. The first kappa shape index (κ1) is 13.0. The Hall–Kier alpha value is -1.03. The maximum absolute atomic E-state index is 11.0. The lowest BCUT2D eigenvalue weighted by Crippen LogP contribution is -2.18. The summed E-state index contributed by atoms with van der Waals surface area (Å²) < 4.78 is 11.0. The first-order valence-electron chi connectivity index (χ1n) is 5.42. The molecule has 0 fully saturated rings. The molecule has 0 aliphatic heterocycles. The van der Waals surface area contributed by atoms with Gasteiger partial charge in [-0.1, -0.05) is 12.1 Å². The summed E-state index contributed by atoms with van der Waals surface area (Å²) in [5, 5.41) is 3.35. The molecular weight excluding hydrogens is 220 g/mol. The maximum Gasteiger partial charge on any atom is 0.0579 e. The molecule has 0 heterocycles. The van der Waals surface area contributed by atoms with Crippen LogP contribution >= 0.6 is 0 Å². The number of anilines is 2. The van der Waals surface area contributed by atoms with E-state index in [2.05, 4.69) is 12.2 Å². The Morgan fingerprint density at radius 2 is 2.19 bits per heavy atom. The van der Waals surface area contributed by atoms with Crippen LogP contribution in [0.4, 0.5) is 11.4 Å². The Morgan fingerprint density at radius 1 is 1.50 bits per heavy atom. The fourth-order valence-electron chi connectivity index (χ4n) is 1.49. The van der Waals surface area contributed by atoms with Crippen molar-refractivity contribution in [1.29, 1.82) is 0 Å². The molecule has 0 aliphatic rings. The van der Waals surface area contributed by atoms with Crippen molar-refractivity contribution in [3.05, 3.63) is 23.8 Å². The van der Waals surface area contributed by atoms with Crippen LogP contribution in [0.15, 0.2) is 18.2 Å². The zero-order chi connectivity index (χ0) is 12.1. The van der Waals surface area contributed by atoms with E-state index < -0.39 is 10.8 Å². The lowest BCUT2D eigenvalue weighted by molar-refractivity contribution is 0.678. The van der Waals surface area contributed by atoms with Crippen molar-refractivity contribution in [3.63, 3.8) is 0 Å². The quantitative estimate of drug-likeness (QED) is 0.775. The van der Waals surface area contributed by atoms with Crippen LogP contribution < -0.4 is 11.1 Å². The molecule has 0 spiro atoms. The van der Waals surface area contributed by atoms with Crippen LogP contribution in [-0.2, 0) is 10.8 Å². The van der Waals surface area contributed by atoms with Crippen molar-refractivity contribution in [2.75, 3.05) is 23.1 Å². The minimum Gasteiger partial charge on any atom is -0.397 e. The molecule has 1 aromatic rings. The Kier molecular flexibility index (Phi) is 4.80. The number of hydrogen-bond acceptors (Lipinski definition) is 3. The average Bonchev–Trinajstić information content (AvgIpc) is 2.22. The molecule has 1 rings (SSSR count). The summed E-state index contributed by atoms with van der Waals surface area (Å²) in [6.07, 6.45) is 2.62. The van der Waals surface area contributed by atoms with Crippen molar-refractivity contribution >= 4 is 22.2 Å². The normalized spacial score (nSPS) is 14.4. The average molecular weight is 240 g/mol. The van der Waals surface area contributed by atoms with Crippen LogP contribution in [0.3, 0.4) is 0 Å². The molecule has 0 amide bonds. The Labute approximate surface area is 99.9 Å². The molecule has 0 aromatic heterocycles. The molecule has 16 heavy (non-hydrogen) atoms. The zero-order valence-corrected chi connectivity index (χ0v) is 10.9. The molecule has 3 N–H and O–H groups in total. The zero-order valence-electron chi connectivity index (χ0n) is 10.1. The second-order valence-electron chi connectivity index (χ2n) is 4.15. The number of benzene rings is 1. The van der Waals surface area contributed by atoms with E-state index in [0.717, 1.165) is 29.1 Å². The van der Waals surface area contributed by atoms with E-state index in [9.17, 15) is 4.21 Å². The summed E-state index contributed by atoms with van der Waals surface area (Å²) in [6.45, 7) is 4.07. The summed E-state index contributed by atoms with van der Waals surface area (Å²) in [7, 11) is -0.725. The fourth-order valence-corrected chi connectivity index (χ4v) is 2.17. The number of aryl methyl sites for hydroxylation is 1. The molecule has 0 radical (unpaired) electrons. The van der Waals surface area contributed by atoms with E-state index in [1.165, 1.54) is 0 Å². The van der Waals surface area contributed by atoms with Crippen molar-refractivity contribution in [2.45, 2.75) is 26.3 Å². The molecule has 0 saturated carbocycles. The fraction of sp³-hybridized carbons (Fsp3) is 0.500. The Bertz CT molecular complexity index is 379. The van der Waals surface area contributed by atoms with Gasteiger partial charge in [-0.05, 0) is 31.9 Å². The van der Waals surface area contributed by atoms with Crippen LogP contribution in [0.2, 0.25) is 0 Å². The third kappa shape index (κ3) is 3.85. The van der Waals surface area contributed by atoms with E-state index in [1.54, 1.807) is 6.26 Å². The molecule has 2 atom stereocenters. The number of nitrogen functional groups attached to an aromatic ring is 1. The predicted octanol–water partition coefficient (Wildman–Crippen LogP) is 2.15. The Morgan fingerprint density at radius 3 is 2.81 bits per heavy atom. The summed E-state index contributed by atoms with van der Waals surface area (Å²) in [5.74, 6) is 0.722. The number of rotatable bonds is 5. The minimum absolute atomic E-state index is 0.285. The van der Waals surface area contributed by atoms with Crippen molar-refractivity contribution < 1.29 is 4.21 Å². The molecule has 0 aliphatic carbocycles. The third-order valence-corrected chi connectivity index (χ3v) is 3.37. The van der Waals surface area contributed by atoms with E-state index >= 15 is 0 Å². The highest BCUT2D eigenvalue weighted by molar-refractivity contribution is 7.84. The smallest absolute Gasteiger partial charge is 0.0579 e. The topological polar surface area (TPSA) is 55.1 Å². The molecular formula is C12H20N2OS. The predicted molar refractivity (Wildman–Crippen MR) is 72.2 cm³/mol. The van der Waals surface area contributed by atoms with E-state index in [4.69, 9.17) is 5.73 Å². The van der Waals surface area contributed by atoms with Gasteiger partial charge < -0.3 is 11.1 Å². The maximum atomic E-state index is 11.0. The van der Waals surface area contributed by atoms with Crippen LogP contribution in [0.1, 0.15) is 18.9 Å². The van der Waals surface area contributed by atoms with Gasteiger partial charge in [0.15, 0.2) is 0 Å². The van der Waals surface area contributed by atoms with Gasteiger partial charge in [-0.3, -0.25) is 4.21 Å². The van der Waals surface area contributed by atoms with Gasteiger partial charge in [0, 0.05) is 28.9 Å². The van der Waals surface area contributed by atoms with Crippen molar-refractivity contribution in [3.8, 4) is 0 Å². The van der Waals surface area contributed by atoms with Gasteiger partial charge in [-0.2, -0.15) is 0 Å². The van der Waals surface area contributed by atoms with Gasteiger partial charge >= 0.3 is 0 Å². The minimum atomic E-state index is -0.725. The van der Waals surface area contributed by atoms with Gasteiger partial charge in [-0.25, -0.2) is 0 Å². The number of nitrogens with two attached hydrogens (primary N) is 1. The lowest BCUT2D eigenvalue weighted by atomic mass is 10.1. The highest BCUT2D eigenvalue weighted by atomic mass is 32.2. The van der Waals surface area contributed by atoms with Crippen LogP contribution in [0.5, 0.6) is 0 Å². The monoisotopic (exact) mass is 240 g/mol. The summed E-state index contributed by atoms with van der Waals surface area (Å²) in [6, 6.07) is 6.24. The van der Waals surface area contributed by atoms with Gasteiger partial charge in [0.2, 0.25) is 0 Å². The van der Waals surface area contributed by atoms with E-state index in [0.29, 0.717) is 0 Å². The van der Waals surface area contributed by atoms with Crippen LogP contribution in [0, 0.1) is 6.92 Å². The standard InChI is InChI=1S/C12H20N2OS/c1-9-5-4-6-11(12(9)13)14-10(2)7-8-16(3)15/h4-6,10,14H,7-8,13H2,1-3H3. The van der Waals surface area contributed by atoms with Gasteiger partial charge in [0.1, 0.15) is 0 Å². The third-order valence-electron chi connectivity index (χ3n) is 2.56. The number of para-hydroxylation sites is 1. The molecule has 90 valence electrons. The second kappa shape index (κ2) is 5.89. The molecule has 3 nitrogen and oxygen atoms in total. The van der Waals surface area contributed by atoms with E-state index in [1.807, 2.05) is 25.1 Å². The lowest BCUT2D eigenvalue weighted by Gasteiger charge is -2.17. The van der Waals surface area contributed by atoms with Crippen LogP contribution in [0.25, 0.3) is 0 Å². The second-order valence-corrected chi connectivity index (χ2v) is 5.70. The highest BCUT2D eigenvalue weighted by Gasteiger charge is 2.06. The first-order chi connectivity index (χ1) is 7.50. The van der Waals surface area contributed by atoms with E-state index in [-0.39, 0.29) is 6.04 Å². The summed E-state index contributed by atoms with van der Waals surface area (Å²) in [4.78, 5) is 0. The number of hydrogen-bond donors (Lipinski definition) is 2. The van der Waals surface area contributed by atoms with Crippen molar-refractivity contribution in [1.82, 2.24) is 0 Å². The number of nitrogens with one attached hydrogen (secondary N) is 1. The van der Waals surface area contributed by atoms with Gasteiger partial charge in [0.25, 0.3) is 0 Å². The van der Waals surface area contributed by atoms with Gasteiger partial charge in [0.05, 0.1) is 11.4 Å². The summed E-state index contributed by atoms with van der Waals surface area (Å²) >= 11 is 0. The SMILES string of the molecule is Cc1cccc(NC(C)CCS(C)=O)c1N. The molecule has 0 saturated heterocycles.